The van der Waals surface area contributed by atoms with Crippen LogP contribution in [0.15, 0.2) is 28.7 Å². The highest BCUT2D eigenvalue weighted by atomic mass is 32.1. The fraction of sp³-hybridized carbons (Fsp3) is 0.588. The van der Waals surface area contributed by atoms with Crippen LogP contribution in [0.4, 0.5) is 0 Å². The molecule has 1 amide bonds. The van der Waals surface area contributed by atoms with Crippen LogP contribution in [0.25, 0.3) is 0 Å². The molecular weight excluding hydrogens is 314 g/mol. The third-order valence-electron chi connectivity index (χ3n) is 4.28. The Balaban J connectivity index is 1.89. The van der Waals surface area contributed by atoms with Crippen molar-refractivity contribution in [3.63, 3.8) is 0 Å². The molecule has 0 aliphatic carbocycles. The predicted molar refractivity (Wildman–Crippen MR) is 88.0 cm³/mol. The fourth-order valence-electron chi connectivity index (χ4n) is 3.01. The SMILES string of the molecule is CCO[C@@H]1OC(C(=O)N2CC2)=C[C@H](c2ccsc2)[C@@H]1CCCO. The average molecular weight is 337 g/mol. The molecule has 23 heavy (non-hydrogen) atoms. The normalized spacial score (nSPS) is 26.6. The minimum absolute atomic E-state index is 0.0458. The number of hydrogen-bond acceptors (Lipinski definition) is 5. The van der Waals surface area contributed by atoms with E-state index in [1.165, 1.54) is 5.56 Å². The second-order valence-corrected chi connectivity index (χ2v) is 6.66. The quantitative estimate of drug-likeness (QED) is 0.776. The lowest BCUT2D eigenvalue weighted by Crippen LogP contribution is -2.37. The number of nitrogens with zero attached hydrogens (tertiary/aromatic N) is 1. The average Bonchev–Trinajstić information content (AvgIpc) is 3.27. The Labute approximate surface area is 140 Å². The third-order valence-corrected chi connectivity index (χ3v) is 4.99. The van der Waals surface area contributed by atoms with Crippen molar-refractivity contribution >= 4 is 17.2 Å². The van der Waals surface area contributed by atoms with Gasteiger partial charge in [0.25, 0.3) is 5.91 Å². The van der Waals surface area contributed by atoms with E-state index in [0.29, 0.717) is 18.8 Å². The van der Waals surface area contributed by atoms with Gasteiger partial charge in [-0.05, 0) is 48.2 Å². The van der Waals surface area contributed by atoms with Gasteiger partial charge >= 0.3 is 0 Å². The highest BCUT2D eigenvalue weighted by Crippen LogP contribution is 2.40. The van der Waals surface area contributed by atoms with Gasteiger partial charge in [-0.2, -0.15) is 11.3 Å². The van der Waals surface area contributed by atoms with Crippen molar-refractivity contribution in [2.75, 3.05) is 26.3 Å². The topological polar surface area (TPSA) is 58.8 Å². The summed E-state index contributed by atoms with van der Waals surface area (Å²) in [7, 11) is 0. The van der Waals surface area contributed by atoms with Gasteiger partial charge in [0.05, 0.1) is 0 Å². The molecule has 0 bridgehead atoms. The maximum Gasteiger partial charge on any atom is 0.288 e. The maximum absolute atomic E-state index is 12.4. The molecule has 0 aromatic carbocycles. The minimum Gasteiger partial charge on any atom is -0.459 e. The number of amides is 1. The van der Waals surface area contributed by atoms with Gasteiger partial charge in [-0.3, -0.25) is 4.79 Å². The molecule has 1 aromatic rings. The van der Waals surface area contributed by atoms with Crippen molar-refractivity contribution in [2.24, 2.45) is 5.92 Å². The number of allylic oxidation sites excluding steroid dienone is 1. The van der Waals surface area contributed by atoms with Crippen LogP contribution in [-0.2, 0) is 14.3 Å². The largest absolute Gasteiger partial charge is 0.459 e. The Morgan fingerprint density at radius 2 is 2.35 bits per heavy atom. The van der Waals surface area contributed by atoms with Crippen LogP contribution >= 0.6 is 11.3 Å². The lowest BCUT2D eigenvalue weighted by Gasteiger charge is -2.36. The molecule has 0 radical (unpaired) electrons. The molecule has 6 heteroatoms. The number of carbonyl (C=O) groups is 1. The van der Waals surface area contributed by atoms with E-state index >= 15 is 0 Å². The second kappa shape index (κ2) is 7.47. The van der Waals surface area contributed by atoms with Crippen LogP contribution < -0.4 is 0 Å². The highest BCUT2D eigenvalue weighted by molar-refractivity contribution is 7.08. The second-order valence-electron chi connectivity index (χ2n) is 5.88. The van der Waals surface area contributed by atoms with Crippen molar-refractivity contribution in [3.8, 4) is 0 Å². The smallest absolute Gasteiger partial charge is 0.288 e. The van der Waals surface area contributed by atoms with Gasteiger partial charge in [-0.1, -0.05) is 0 Å². The molecule has 3 atom stereocenters. The Morgan fingerprint density at radius 1 is 1.52 bits per heavy atom. The molecule has 1 saturated heterocycles. The Morgan fingerprint density at radius 3 is 2.96 bits per heavy atom. The lowest BCUT2D eigenvalue weighted by molar-refractivity contribution is -0.168. The van der Waals surface area contributed by atoms with E-state index in [4.69, 9.17) is 9.47 Å². The number of hydrogen-bond donors (Lipinski definition) is 1. The lowest BCUT2D eigenvalue weighted by atomic mass is 9.81. The summed E-state index contributed by atoms with van der Waals surface area (Å²) in [6.07, 6.45) is 2.99. The number of aliphatic hydroxyl groups excluding tert-OH is 1. The zero-order valence-electron chi connectivity index (χ0n) is 13.3. The summed E-state index contributed by atoms with van der Waals surface area (Å²) in [5.74, 6) is 0.535. The van der Waals surface area contributed by atoms with Crippen molar-refractivity contribution in [3.05, 3.63) is 34.2 Å². The van der Waals surface area contributed by atoms with E-state index in [1.807, 2.05) is 18.4 Å². The molecular formula is C17H23NO4S. The first-order chi connectivity index (χ1) is 11.2. The predicted octanol–water partition coefficient (Wildman–Crippen LogP) is 2.34. The van der Waals surface area contributed by atoms with Crippen molar-refractivity contribution in [2.45, 2.75) is 32.0 Å². The van der Waals surface area contributed by atoms with Gasteiger partial charge in [-0.15, -0.1) is 0 Å². The van der Waals surface area contributed by atoms with Crippen LogP contribution in [0.3, 0.4) is 0 Å². The Hall–Kier alpha value is -1.37. The summed E-state index contributed by atoms with van der Waals surface area (Å²) < 4.78 is 11.7. The zero-order valence-corrected chi connectivity index (χ0v) is 14.1. The number of rotatable bonds is 7. The van der Waals surface area contributed by atoms with Crippen LogP contribution in [0.5, 0.6) is 0 Å². The Bertz CT molecular complexity index is 553. The number of ether oxygens (including phenoxy) is 2. The summed E-state index contributed by atoms with van der Waals surface area (Å²) in [5, 5.41) is 13.4. The van der Waals surface area contributed by atoms with Crippen molar-refractivity contribution in [1.82, 2.24) is 4.90 Å². The van der Waals surface area contributed by atoms with Gasteiger partial charge in [-0.25, -0.2) is 0 Å². The molecule has 3 heterocycles. The van der Waals surface area contributed by atoms with Crippen molar-refractivity contribution in [1.29, 1.82) is 0 Å². The maximum atomic E-state index is 12.4. The van der Waals surface area contributed by atoms with Gasteiger partial charge in [0.15, 0.2) is 5.76 Å². The number of carbonyl (C=O) groups excluding carboxylic acids is 1. The standard InChI is InChI=1S/C17H23NO4S/c1-2-21-17-13(4-3-8-19)14(12-5-9-23-11-12)10-15(22-17)16(20)18-6-7-18/h5,9-11,13-14,17,19H,2-4,6-8H2,1H3/t13-,14+,17+/m0/s1. The zero-order chi connectivity index (χ0) is 16.2. The van der Waals surface area contributed by atoms with E-state index in [9.17, 15) is 9.90 Å². The summed E-state index contributed by atoms with van der Waals surface area (Å²) >= 11 is 1.65. The molecule has 2 aliphatic rings. The minimum atomic E-state index is -0.444. The molecule has 3 rings (SSSR count). The Kier molecular flexibility index (Phi) is 5.35. The molecule has 1 aromatic heterocycles. The molecule has 1 fully saturated rings. The summed E-state index contributed by atoms with van der Waals surface area (Å²) in [4.78, 5) is 14.1. The molecule has 0 spiro atoms. The summed E-state index contributed by atoms with van der Waals surface area (Å²) in [5.41, 5.74) is 1.18. The molecule has 126 valence electrons. The van der Waals surface area contributed by atoms with E-state index < -0.39 is 6.29 Å². The first kappa shape index (κ1) is 16.5. The highest BCUT2D eigenvalue weighted by Gasteiger charge is 2.40. The van der Waals surface area contributed by atoms with Crippen LogP contribution in [0.1, 0.15) is 31.2 Å². The van der Waals surface area contributed by atoms with E-state index in [1.54, 1.807) is 16.2 Å². The van der Waals surface area contributed by atoms with Crippen LogP contribution in [-0.4, -0.2) is 48.5 Å². The molecule has 0 unspecified atom stereocenters. The van der Waals surface area contributed by atoms with Gasteiger partial charge < -0.3 is 19.5 Å². The van der Waals surface area contributed by atoms with Crippen LogP contribution in [0, 0.1) is 5.92 Å². The molecule has 0 saturated carbocycles. The van der Waals surface area contributed by atoms with E-state index in [0.717, 1.165) is 19.5 Å². The molecule has 5 nitrogen and oxygen atoms in total. The van der Waals surface area contributed by atoms with Crippen molar-refractivity contribution < 1.29 is 19.4 Å². The van der Waals surface area contributed by atoms with E-state index in [2.05, 4.69) is 11.4 Å². The summed E-state index contributed by atoms with van der Waals surface area (Å²) in [6, 6.07) is 2.09. The van der Waals surface area contributed by atoms with Gasteiger partial charge in [0.1, 0.15) is 0 Å². The molecule has 1 N–H and O–H groups in total. The van der Waals surface area contributed by atoms with Gasteiger partial charge in [0.2, 0.25) is 6.29 Å². The van der Waals surface area contributed by atoms with Gasteiger partial charge in [0, 0.05) is 38.1 Å². The first-order valence-corrected chi connectivity index (χ1v) is 9.11. The monoisotopic (exact) mass is 337 g/mol. The number of thiophene rings is 1. The van der Waals surface area contributed by atoms with Crippen LogP contribution in [0.2, 0.25) is 0 Å². The number of aliphatic hydroxyl groups is 1. The fourth-order valence-corrected chi connectivity index (χ4v) is 3.72. The first-order valence-electron chi connectivity index (χ1n) is 8.17. The summed E-state index contributed by atoms with van der Waals surface area (Å²) in [6.45, 7) is 4.21. The molecule has 2 aliphatic heterocycles. The van der Waals surface area contributed by atoms with E-state index in [-0.39, 0.29) is 24.3 Å². The third kappa shape index (κ3) is 3.76.